The number of nitrogens with two attached hydrogens (primary N) is 2. The molecular formula is C81H78BrCl6F7N11NaO6S2. The Morgan fingerprint density at radius 2 is 1.05 bits per heavy atom. The summed E-state index contributed by atoms with van der Waals surface area (Å²) in [5.41, 5.74) is 16.4. The molecule has 34 heteroatoms. The van der Waals surface area contributed by atoms with Gasteiger partial charge >= 0.3 is 41.5 Å². The van der Waals surface area contributed by atoms with Crippen molar-refractivity contribution < 1.29 is 89.6 Å². The quantitative estimate of drug-likeness (QED) is 0.0135. The molecule has 0 radical (unpaired) electrons. The van der Waals surface area contributed by atoms with E-state index in [-0.39, 0.29) is 142 Å². The van der Waals surface area contributed by atoms with Crippen molar-refractivity contribution >= 4 is 172 Å². The van der Waals surface area contributed by atoms with Gasteiger partial charge in [-0.15, -0.1) is 24.2 Å². The first-order valence-electron chi connectivity index (χ1n) is 35.2. The number of nitrogen functional groups attached to an aromatic ring is 2. The van der Waals surface area contributed by atoms with Gasteiger partial charge in [0.1, 0.15) is 0 Å². The number of esters is 2. The maximum absolute atomic E-state index is 15.5. The third-order valence-corrected chi connectivity index (χ3v) is 21.2. The van der Waals surface area contributed by atoms with Crippen LogP contribution in [0.4, 0.5) is 42.1 Å². The van der Waals surface area contributed by atoms with Gasteiger partial charge in [-0.05, 0) is 186 Å². The molecule has 0 amide bonds. The van der Waals surface area contributed by atoms with Crippen LogP contribution in [0.5, 0.6) is 0 Å². The molecule has 0 spiro atoms. The van der Waals surface area contributed by atoms with Crippen LogP contribution in [-0.2, 0) is 29.1 Å². The van der Waals surface area contributed by atoms with E-state index in [1.165, 1.54) is 73.1 Å². The Morgan fingerprint density at radius 3 is 1.57 bits per heavy atom. The number of carbonyl (C=O) groups excluding carboxylic acids is 3. The minimum absolute atomic E-state index is 0. The summed E-state index contributed by atoms with van der Waals surface area (Å²) in [6.07, 6.45) is 17.7. The van der Waals surface area contributed by atoms with Crippen molar-refractivity contribution in [1.82, 2.24) is 43.5 Å². The van der Waals surface area contributed by atoms with Crippen LogP contribution in [0, 0.1) is 40.7 Å². The molecule has 7 aromatic carbocycles. The van der Waals surface area contributed by atoms with E-state index in [1.54, 1.807) is 79.6 Å². The zero-order chi connectivity index (χ0) is 80.9. The fourth-order valence-corrected chi connectivity index (χ4v) is 14.2. The molecule has 0 bridgehead atoms. The first-order chi connectivity index (χ1) is 53.7. The molecule has 604 valence electrons. The van der Waals surface area contributed by atoms with Gasteiger partial charge in [0.25, 0.3) is 0 Å². The molecule has 3 aliphatic rings. The molecule has 0 saturated heterocycles. The van der Waals surface area contributed by atoms with E-state index in [0.29, 0.717) is 40.3 Å². The predicted molar refractivity (Wildman–Crippen MR) is 446 cm³/mol. The largest absolute Gasteiger partial charge is 1.00 e. The second kappa shape index (κ2) is 43.2. The maximum atomic E-state index is 15.5. The van der Waals surface area contributed by atoms with Gasteiger partial charge < -0.3 is 40.5 Å². The van der Waals surface area contributed by atoms with Crippen LogP contribution in [-0.4, -0.2) is 85.8 Å². The number of hydrogen-bond acceptors (Lipinski definition) is 13. The van der Waals surface area contributed by atoms with E-state index >= 15 is 8.78 Å². The molecular weight excluding hydrogens is 1740 g/mol. The summed E-state index contributed by atoms with van der Waals surface area (Å²) in [6.45, 7) is 12.2. The average molecular weight is 1810 g/mol. The summed E-state index contributed by atoms with van der Waals surface area (Å²) in [6, 6.07) is 30.5. The van der Waals surface area contributed by atoms with Crippen LogP contribution in [0.25, 0.3) is 44.1 Å². The smallest absolute Gasteiger partial charge is 0.870 e. The molecule has 115 heavy (non-hydrogen) atoms. The zero-order valence-corrected chi connectivity index (χ0v) is 71.9. The van der Waals surface area contributed by atoms with E-state index in [1.807, 2.05) is 69.1 Å². The van der Waals surface area contributed by atoms with Crippen molar-refractivity contribution in [2.75, 3.05) is 30.6 Å². The normalized spacial score (nSPS) is 12.4. The van der Waals surface area contributed by atoms with Crippen LogP contribution in [0.15, 0.2) is 172 Å². The van der Waals surface area contributed by atoms with Crippen molar-refractivity contribution in [1.29, 1.82) is 0 Å². The van der Waals surface area contributed by atoms with Gasteiger partial charge in [0.2, 0.25) is 0 Å². The fourth-order valence-electron chi connectivity index (χ4n) is 11.5. The van der Waals surface area contributed by atoms with Crippen molar-refractivity contribution in [2.45, 2.75) is 133 Å². The van der Waals surface area contributed by atoms with E-state index < -0.39 is 46.8 Å². The predicted octanol–water partition coefficient (Wildman–Crippen LogP) is 21.3. The minimum Gasteiger partial charge on any atom is -0.870 e. The number of carbonyl (C=O) groups is 3. The molecule has 6 aromatic heterocycles. The maximum Gasteiger partial charge on any atom is 1.00 e. The van der Waals surface area contributed by atoms with Gasteiger partial charge in [-0.3, -0.25) is 18.8 Å². The number of ether oxygens (including phenoxy) is 2. The Balaban J connectivity index is 0.000000196. The van der Waals surface area contributed by atoms with Crippen LogP contribution in [0.3, 0.4) is 0 Å². The minimum atomic E-state index is -0.780. The number of fused-ring (bicyclic) bond motifs is 3. The average Bonchev–Trinajstić information content (AvgIpc) is 1.56. The van der Waals surface area contributed by atoms with E-state index in [0.717, 1.165) is 87.4 Å². The van der Waals surface area contributed by atoms with Gasteiger partial charge in [0, 0.05) is 97.6 Å². The standard InChI is InChI=1S/C25H22ClF2N3O2S.C16H15ClFN3.C11H9ClFN.C9H9FO2S.C8H6Cl2FNO.C6H5ClFN.C5H7BrN2.CH4.Na.H2O/c1-3-30-13-15(12-29-30)31-22(14-8-9-14)24(17-10-11-18(26)21(28)23(17)31)34-19-7-5-6-16(20(19)27)25(32)33-4-2;1-2-20-9-12(8-19-20)21-14(10-3-4-10)7-11-5-6-13(17)15(18)16(11)21;12-8-4-3-7-5-9(6-1-2-6)14-11(7)10(8)13;1-2-12-9(11)6-4-3-5-7(13)8(6)10;9-3-6(13)4-1-2-5(10)7(11)8(4)12;7-4-2-1-3-5(9)6(4)8;1-2-8-4-5(6)3-7-8;;;/h5-7,10-14H,3-4,8-9H2,1-2H3;5-10H,2-4H2,1H3;3-6,14H,1-2H2;3-5,13H,2H2,1H3;1-2H,3,12H2;1-3H,9H2;3-4H,2H2,1H3;1H4;;1H2/q;;;;;;;;+1;/p-1. The topological polar surface area (TPSA) is 231 Å². The van der Waals surface area contributed by atoms with E-state index in [4.69, 9.17) is 85.8 Å². The molecule has 13 aromatic rings. The molecule has 6 N–H and O–H groups in total. The first-order valence-corrected chi connectivity index (χ1v) is 39.7. The number of benzene rings is 7. The Kier molecular flexibility index (Phi) is 35.5. The van der Waals surface area contributed by atoms with Gasteiger partial charge in [-0.25, -0.2) is 40.3 Å². The third-order valence-electron chi connectivity index (χ3n) is 17.6. The summed E-state index contributed by atoms with van der Waals surface area (Å²) in [5.74, 6) is -4.52. The molecule has 16 rings (SSSR count). The van der Waals surface area contributed by atoms with Crippen molar-refractivity contribution in [3.63, 3.8) is 0 Å². The number of thiol groups is 1. The van der Waals surface area contributed by atoms with E-state index in [9.17, 15) is 36.3 Å². The number of aryl methyl sites for hydroxylation is 3. The number of H-pyrrole nitrogens is 1. The van der Waals surface area contributed by atoms with Gasteiger partial charge in [-0.1, -0.05) is 108 Å². The van der Waals surface area contributed by atoms with Crippen LogP contribution >= 0.6 is 110 Å². The molecule has 0 aliphatic heterocycles. The van der Waals surface area contributed by atoms with Gasteiger partial charge in [0.15, 0.2) is 46.5 Å². The summed E-state index contributed by atoms with van der Waals surface area (Å²) in [7, 11) is 0. The Hall–Kier alpha value is -7.61. The molecule has 3 aliphatic carbocycles. The molecule has 3 fully saturated rings. The molecule has 0 atom stereocenters. The number of aromatic nitrogens is 9. The first kappa shape index (κ1) is 94.5. The van der Waals surface area contributed by atoms with Crippen molar-refractivity contribution in [3.8, 4) is 11.4 Å². The van der Waals surface area contributed by atoms with Gasteiger partial charge in [-0.2, -0.15) is 15.3 Å². The number of Topliss-reactive ketones (excluding diaryl/α,β-unsaturated/α-hetero) is 1. The fraction of sp³-hybridized carbons (Fsp3) is 0.259. The number of ketones is 1. The van der Waals surface area contributed by atoms with Gasteiger partial charge in [0.05, 0.1) is 118 Å². The van der Waals surface area contributed by atoms with Crippen LogP contribution < -0.4 is 41.0 Å². The summed E-state index contributed by atoms with van der Waals surface area (Å²) in [4.78, 5) is 38.7. The summed E-state index contributed by atoms with van der Waals surface area (Å²) < 4.78 is 118. The Bertz CT molecular complexity index is 5560. The third kappa shape index (κ3) is 23.0. The number of rotatable bonds is 16. The van der Waals surface area contributed by atoms with Crippen molar-refractivity contribution in [3.05, 3.63) is 257 Å². The number of aromatic amines is 1. The second-order valence-electron chi connectivity index (χ2n) is 25.3. The van der Waals surface area contributed by atoms with Crippen molar-refractivity contribution in [2.24, 2.45) is 0 Å². The summed E-state index contributed by atoms with van der Waals surface area (Å²) in [5, 5.41) is 15.4. The number of halogens is 14. The molecule has 0 unspecified atom stereocenters. The summed E-state index contributed by atoms with van der Waals surface area (Å²) >= 11 is 42.3. The Morgan fingerprint density at radius 1 is 0.557 bits per heavy atom. The SMILES string of the molecule is C.CCOC(=O)c1cccc(S)c1F.CCOC(=O)c1cccc(Sc2c(C3CC3)n(-c3cnn(CC)c3)c3c(F)c(Cl)ccc23)c1F.CCn1cc(-n2c(C3CC3)cc3ccc(Cl)c(F)c32)cn1.CCn1cc(Br)cn1.Fc1c(Cl)ccc2cc(C3CC3)[nH]c12.Nc1c(C(=O)CCl)ccc(Cl)c1F.Nc1cccc(Cl)c1F.[Na+].[OH-]. The monoisotopic (exact) mass is 1810 g/mol. The number of alkyl halides is 1. The number of nitrogens with zero attached hydrogens (tertiary/aromatic N) is 8. The molecule has 17 nitrogen and oxygen atoms in total. The zero-order valence-electron chi connectivity index (χ0n) is 62.0. The van der Waals surface area contributed by atoms with E-state index in [2.05, 4.69) is 66.6 Å². The Labute approximate surface area is 729 Å². The number of anilines is 2. The van der Waals surface area contributed by atoms with Crippen LogP contribution in [0.1, 0.15) is 146 Å². The number of nitrogens with one attached hydrogen (secondary N) is 1. The van der Waals surface area contributed by atoms with Crippen LogP contribution in [0.2, 0.25) is 25.1 Å². The second-order valence-corrected chi connectivity index (χ2v) is 30.1. The number of hydrogen-bond donors (Lipinski definition) is 4. The molecule has 3 saturated carbocycles. The molecule has 6 heterocycles.